The summed E-state index contributed by atoms with van der Waals surface area (Å²) >= 11 is 0. The average molecular weight is 474 g/mol. The van der Waals surface area contributed by atoms with Gasteiger partial charge in [-0.3, -0.25) is 4.79 Å². The summed E-state index contributed by atoms with van der Waals surface area (Å²) < 4.78 is 34.0. The Bertz CT molecular complexity index is 881. The first-order valence-electron chi connectivity index (χ1n) is 12.5. The maximum atomic E-state index is 14.5. The number of halogens is 2. The van der Waals surface area contributed by atoms with Crippen molar-refractivity contribution in [1.29, 1.82) is 0 Å². The molecule has 0 saturated carbocycles. The van der Waals surface area contributed by atoms with Crippen molar-refractivity contribution in [1.82, 2.24) is 4.90 Å². The zero-order valence-corrected chi connectivity index (χ0v) is 20.1. The van der Waals surface area contributed by atoms with E-state index in [2.05, 4.69) is 4.90 Å². The van der Waals surface area contributed by atoms with Crippen molar-refractivity contribution in [2.75, 3.05) is 26.2 Å². The Hall–Kier alpha value is -2.31. The van der Waals surface area contributed by atoms with Crippen molar-refractivity contribution in [3.05, 3.63) is 71.3 Å². The van der Waals surface area contributed by atoms with E-state index in [0.717, 1.165) is 57.3 Å². The van der Waals surface area contributed by atoms with E-state index in [1.807, 2.05) is 6.92 Å². The maximum Gasteiger partial charge on any atom is 0.306 e. The molecule has 6 heteroatoms. The molecule has 2 unspecified atom stereocenters. The van der Waals surface area contributed by atoms with Gasteiger partial charge in [0.2, 0.25) is 0 Å². The molecular formula is C28H37F2NO3. The number of carbonyl (C=O) groups is 1. The van der Waals surface area contributed by atoms with Gasteiger partial charge in [0.25, 0.3) is 0 Å². The van der Waals surface area contributed by atoms with Crippen molar-refractivity contribution in [3.8, 4) is 0 Å². The van der Waals surface area contributed by atoms with E-state index in [-0.39, 0.29) is 17.6 Å². The van der Waals surface area contributed by atoms with E-state index < -0.39 is 12.1 Å². The number of hydrogen-bond donors (Lipinski definition) is 1. The summed E-state index contributed by atoms with van der Waals surface area (Å²) in [5.41, 5.74) is 1.19. The number of ether oxygens (including phenoxy) is 1. The summed E-state index contributed by atoms with van der Waals surface area (Å²) in [6, 6.07) is 12.6. The SMILES string of the molecule is CCC(CCCCC1CCN(CCOC(c2ccc(F)cc2)c2ccccc2F)CC1)C(=O)O. The van der Waals surface area contributed by atoms with Gasteiger partial charge < -0.3 is 14.7 Å². The van der Waals surface area contributed by atoms with Gasteiger partial charge in [-0.25, -0.2) is 8.78 Å². The fraction of sp³-hybridized carbons (Fsp3) is 0.536. The molecule has 1 saturated heterocycles. The number of unbranched alkanes of at least 4 members (excludes halogenated alkanes) is 1. The van der Waals surface area contributed by atoms with Gasteiger partial charge in [0, 0.05) is 12.1 Å². The minimum atomic E-state index is -0.672. The van der Waals surface area contributed by atoms with E-state index in [9.17, 15) is 13.6 Å². The van der Waals surface area contributed by atoms with Crippen LogP contribution in [-0.4, -0.2) is 42.2 Å². The lowest BCUT2D eigenvalue weighted by molar-refractivity contribution is -0.142. The first-order valence-corrected chi connectivity index (χ1v) is 12.5. The van der Waals surface area contributed by atoms with Gasteiger partial charge >= 0.3 is 5.97 Å². The molecule has 4 nitrogen and oxygen atoms in total. The molecule has 2 aromatic rings. The van der Waals surface area contributed by atoms with Crippen LogP contribution >= 0.6 is 0 Å². The van der Waals surface area contributed by atoms with Crippen LogP contribution in [0, 0.1) is 23.5 Å². The van der Waals surface area contributed by atoms with E-state index in [1.54, 1.807) is 30.3 Å². The molecule has 0 bridgehead atoms. The lowest BCUT2D eigenvalue weighted by Gasteiger charge is -2.32. The third-order valence-electron chi connectivity index (χ3n) is 7.02. The first-order chi connectivity index (χ1) is 16.5. The Morgan fingerprint density at radius 2 is 1.79 bits per heavy atom. The standard InChI is InChI=1S/C28H37F2NO3/c1-2-22(28(32)33)8-4-3-7-21-15-17-31(18-16-21)19-20-34-27(23-11-13-24(29)14-12-23)25-9-5-6-10-26(25)30/h5-6,9-14,21-22,27H,2-4,7-8,15-20H2,1H3,(H,32,33). The number of nitrogens with zero attached hydrogens (tertiary/aromatic N) is 1. The third-order valence-corrected chi connectivity index (χ3v) is 7.02. The highest BCUT2D eigenvalue weighted by Gasteiger charge is 2.22. The van der Waals surface area contributed by atoms with E-state index in [0.29, 0.717) is 24.5 Å². The zero-order valence-electron chi connectivity index (χ0n) is 20.1. The van der Waals surface area contributed by atoms with E-state index in [4.69, 9.17) is 9.84 Å². The summed E-state index contributed by atoms with van der Waals surface area (Å²) in [6.45, 7) is 5.21. The number of carboxylic acids is 1. The summed E-state index contributed by atoms with van der Waals surface area (Å²) in [7, 11) is 0. The molecule has 0 amide bonds. The van der Waals surface area contributed by atoms with Gasteiger partial charge in [-0.15, -0.1) is 0 Å². The van der Waals surface area contributed by atoms with Crippen molar-refractivity contribution < 1.29 is 23.4 Å². The van der Waals surface area contributed by atoms with Crippen LogP contribution in [0.1, 0.15) is 69.1 Å². The van der Waals surface area contributed by atoms with Crippen LogP contribution in [0.15, 0.2) is 48.5 Å². The smallest absolute Gasteiger partial charge is 0.306 e. The fourth-order valence-corrected chi connectivity index (χ4v) is 4.82. The minimum absolute atomic E-state index is 0.204. The Morgan fingerprint density at radius 3 is 2.44 bits per heavy atom. The molecule has 34 heavy (non-hydrogen) atoms. The topological polar surface area (TPSA) is 49.8 Å². The molecule has 1 aliphatic rings. The Balaban J connectivity index is 1.42. The minimum Gasteiger partial charge on any atom is -0.481 e. The van der Waals surface area contributed by atoms with Crippen LogP contribution in [0.4, 0.5) is 8.78 Å². The summed E-state index contributed by atoms with van der Waals surface area (Å²) in [5, 5.41) is 9.16. The van der Waals surface area contributed by atoms with Gasteiger partial charge in [0.15, 0.2) is 0 Å². The van der Waals surface area contributed by atoms with Crippen LogP contribution in [0.2, 0.25) is 0 Å². The predicted octanol–water partition coefficient (Wildman–Crippen LogP) is 6.45. The number of hydrogen-bond acceptors (Lipinski definition) is 3. The van der Waals surface area contributed by atoms with Crippen LogP contribution in [0.5, 0.6) is 0 Å². The second-order valence-corrected chi connectivity index (χ2v) is 9.34. The van der Waals surface area contributed by atoms with Crippen molar-refractivity contribution in [2.45, 2.75) is 58.0 Å². The molecule has 0 spiro atoms. The molecule has 0 radical (unpaired) electrons. The van der Waals surface area contributed by atoms with Crippen LogP contribution in [0.3, 0.4) is 0 Å². The first kappa shape index (κ1) is 26.3. The second kappa shape index (κ2) is 13.5. The lowest BCUT2D eigenvalue weighted by atomic mass is 9.90. The van der Waals surface area contributed by atoms with E-state index >= 15 is 0 Å². The number of rotatable bonds is 13. The molecule has 186 valence electrons. The van der Waals surface area contributed by atoms with Gasteiger partial charge in [-0.1, -0.05) is 56.5 Å². The average Bonchev–Trinajstić information content (AvgIpc) is 2.84. The van der Waals surface area contributed by atoms with Crippen molar-refractivity contribution >= 4 is 5.97 Å². The quantitative estimate of drug-likeness (QED) is 0.340. The van der Waals surface area contributed by atoms with Gasteiger partial charge in [0.1, 0.15) is 17.7 Å². The normalized spacial score (nSPS) is 16.9. The number of likely N-dealkylation sites (tertiary alicyclic amines) is 1. The zero-order chi connectivity index (χ0) is 24.3. The molecule has 0 aromatic heterocycles. The van der Waals surface area contributed by atoms with Crippen LogP contribution < -0.4 is 0 Å². The fourth-order valence-electron chi connectivity index (χ4n) is 4.82. The van der Waals surface area contributed by atoms with Gasteiger partial charge in [0.05, 0.1) is 12.5 Å². The molecule has 1 N–H and O–H groups in total. The Kier molecular flexibility index (Phi) is 10.5. The molecule has 2 atom stereocenters. The predicted molar refractivity (Wildman–Crippen MR) is 130 cm³/mol. The second-order valence-electron chi connectivity index (χ2n) is 9.34. The largest absolute Gasteiger partial charge is 0.481 e. The van der Waals surface area contributed by atoms with Gasteiger partial charge in [-0.2, -0.15) is 0 Å². The Morgan fingerprint density at radius 1 is 1.09 bits per heavy atom. The molecule has 0 aliphatic carbocycles. The number of piperidine rings is 1. The van der Waals surface area contributed by atoms with Crippen LogP contribution in [0.25, 0.3) is 0 Å². The molecule has 2 aromatic carbocycles. The maximum absolute atomic E-state index is 14.5. The third kappa shape index (κ3) is 7.88. The summed E-state index contributed by atoms with van der Waals surface area (Å²) in [6.07, 6.45) is 6.44. The molecule has 3 rings (SSSR count). The molecule has 1 heterocycles. The highest BCUT2D eigenvalue weighted by atomic mass is 19.1. The summed E-state index contributed by atoms with van der Waals surface area (Å²) in [4.78, 5) is 13.5. The number of benzene rings is 2. The lowest BCUT2D eigenvalue weighted by Crippen LogP contribution is -2.36. The summed E-state index contributed by atoms with van der Waals surface area (Å²) in [5.74, 6) is -0.829. The van der Waals surface area contributed by atoms with Crippen molar-refractivity contribution in [2.24, 2.45) is 11.8 Å². The molecule has 1 fully saturated rings. The number of aliphatic carboxylic acids is 1. The van der Waals surface area contributed by atoms with Crippen molar-refractivity contribution in [3.63, 3.8) is 0 Å². The monoisotopic (exact) mass is 473 g/mol. The Labute approximate surface area is 201 Å². The van der Waals surface area contributed by atoms with E-state index in [1.165, 1.54) is 24.6 Å². The highest BCUT2D eigenvalue weighted by molar-refractivity contribution is 5.69. The molecular weight excluding hydrogens is 436 g/mol. The van der Waals surface area contributed by atoms with Crippen LogP contribution in [-0.2, 0) is 9.53 Å². The molecule has 1 aliphatic heterocycles. The van der Waals surface area contributed by atoms with Gasteiger partial charge in [-0.05, 0) is 68.5 Å². The highest BCUT2D eigenvalue weighted by Crippen LogP contribution is 2.29. The number of carboxylic acid groups (broad SMARTS) is 1.